The summed E-state index contributed by atoms with van der Waals surface area (Å²) in [7, 11) is 1.22. The number of hydrogen-bond acceptors (Lipinski definition) is 5. The van der Waals surface area contributed by atoms with Crippen molar-refractivity contribution in [2.24, 2.45) is 0 Å². The minimum atomic E-state index is -0.772. The molecule has 1 aromatic heterocycles. The van der Waals surface area contributed by atoms with Gasteiger partial charge in [0.15, 0.2) is 0 Å². The zero-order valence-corrected chi connectivity index (χ0v) is 15.8. The molecule has 1 heterocycles. The number of ether oxygens (including phenoxy) is 2. The fraction of sp³-hybridized carbons (Fsp3) is 0.136. The fourth-order valence-corrected chi connectivity index (χ4v) is 2.68. The molecule has 0 aliphatic carbocycles. The Kier molecular flexibility index (Phi) is 6.32. The van der Waals surface area contributed by atoms with E-state index in [9.17, 15) is 18.0 Å². The summed E-state index contributed by atoms with van der Waals surface area (Å²) in [6.45, 7) is -0.212. The third kappa shape index (κ3) is 4.75. The predicted octanol–water partition coefficient (Wildman–Crippen LogP) is 4.33. The van der Waals surface area contributed by atoms with Crippen molar-refractivity contribution in [2.45, 2.75) is 13.0 Å². The van der Waals surface area contributed by atoms with Crippen molar-refractivity contribution in [3.8, 4) is 23.2 Å². The Morgan fingerprint density at radius 1 is 1.03 bits per heavy atom. The van der Waals surface area contributed by atoms with Crippen LogP contribution in [0.15, 0.2) is 48.5 Å². The van der Waals surface area contributed by atoms with E-state index in [-0.39, 0.29) is 41.3 Å². The molecule has 0 N–H and O–H groups in total. The quantitative estimate of drug-likeness (QED) is 0.564. The van der Waals surface area contributed by atoms with E-state index in [2.05, 4.69) is 9.72 Å². The van der Waals surface area contributed by atoms with Crippen molar-refractivity contribution in [3.05, 3.63) is 82.7 Å². The number of hydrogen-bond donors (Lipinski definition) is 0. The third-order valence-electron chi connectivity index (χ3n) is 4.24. The van der Waals surface area contributed by atoms with E-state index in [1.807, 2.05) is 6.07 Å². The molecule has 0 saturated heterocycles. The summed E-state index contributed by atoms with van der Waals surface area (Å²) >= 11 is 0. The van der Waals surface area contributed by atoms with E-state index in [1.165, 1.54) is 37.4 Å². The van der Waals surface area contributed by atoms with Crippen LogP contribution in [0.5, 0.6) is 5.88 Å². The number of methoxy groups -OCH3 is 1. The molecule has 3 rings (SSSR count). The van der Waals surface area contributed by atoms with E-state index in [0.29, 0.717) is 5.56 Å². The minimum absolute atomic E-state index is 0.0341. The molecular formula is C22H15F3N2O3. The molecular weight excluding hydrogens is 397 g/mol. The van der Waals surface area contributed by atoms with Gasteiger partial charge in [0, 0.05) is 17.2 Å². The minimum Gasteiger partial charge on any atom is -0.473 e. The molecule has 0 aliphatic rings. The highest BCUT2D eigenvalue weighted by Gasteiger charge is 2.15. The fourth-order valence-electron chi connectivity index (χ4n) is 2.68. The van der Waals surface area contributed by atoms with Gasteiger partial charge in [0.2, 0.25) is 5.88 Å². The number of nitriles is 1. The zero-order chi connectivity index (χ0) is 21.7. The van der Waals surface area contributed by atoms with Gasteiger partial charge in [-0.25, -0.2) is 18.2 Å². The first-order chi connectivity index (χ1) is 14.4. The number of carbonyl (C=O) groups excluding carboxylic acids is 1. The van der Waals surface area contributed by atoms with Gasteiger partial charge in [-0.1, -0.05) is 12.1 Å². The number of nitrogens with zero attached hydrogens (tertiary/aromatic N) is 2. The van der Waals surface area contributed by atoms with Crippen LogP contribution in [0.2, 0.25) is 0 Å². The van der Waals surface area contributed by atoms with Gasteiger partial charge >= 0.3 is 5.97 Å². The molecule has 0 radical (unpaired) electrons. The van der Waals surface area contributed by atoms with Crippen molar-refractivity contribution in [1.29, 1.82) is 5.26 Å². The Bertz CT molecular complexity index is 1140. The average molecular weight is 412 g/mol. The predicted molar refractivity (Wildman–Crippen MR) is 101 cm³/mol. The van der Waals surface area contributed by atoms with Crippen molar-refractivity contribution in [1.82, 2.24) is 4.98 Å². The van der Waals surface area contributed by atoms with Gasteiger partial charge < -0.3 is 9.47 Å². The first-order valence-corrected chi connectivity index (χ1v) is 8.74. The lowest BCUT2D eigenvalue weighted by Gasteiger charge is -2.10. The van der Waals surface area contributed by atoms with Crippen molar-refractivity contribution < 1.29 is 27.4 Å². The highest BCUT2D eigenvalue weighted by molar-refractivity contribution is 5.73. The maximum Gasteiger partial charge on any atom is 0.309 e. The molecule has 0 aliphatic heterocycles. The summed E-state index contributed by atoms with van der Waals surface area (Å²) in [6, 6.07) is 11.9. The molecule has 0 atom stereocenters. The molecule has 152 valence electrons. The summed E-state index contributed by atoms with van der Waals surface area (Å²) in [6.07, 6.45) is -0.122. The summed E-state index contributed by atoms with van der Waals surface area (Å²) in [5.74, 6) is -2.72. The summed E-state index contributed by atoms with van der Waals surface area (Å²) in [5.41, 5.74) is 0.322. The number of rotatable bonds is 6. The summed E-state index contributed by atoms with van der Waals surface area (Å²) < 4.78 is 52.7. The first kappa shape index (κ1) is 20.9. The highest BCUT2D eigenvalue weighted by atomic mass is 19.1. The standard InChI is InChI=1S/C22H15F3N2O3/c1-29-21(28)10-13-3-5-16(19(25)8-13)22-17(23)6-7-20(27-22)30-12-15-4-2-14(11-26)9-18(15)24/h2-9H,10,12H2,1H3. The monoisotopic (exact) mass is 412 g/mol. The molecule has 0 amide bonds. The lowest BCUT2D eigenvalue weighted by Crippen LogP contribution is -2.05. The summed E-state index contributed by atoms with van der Waals surface area (Å²) in [5, 5.41) is 8.77. The van der Waals surface area contributed by atoms with Crippen molar-refractivity contribution >= 4 is 5.97 Å². The summed E-state index contributed by atoms with van der Waals surface area (Å²) in [4.78, 5) is 15.3. The molecule has 0 spiro atoms. The molecule has 0 unspecified atom stereocenters. The van der Waals surface area contributed by atoms with E-state index in [4.69, 9.17) is 10.00 Å². The van der Waals surface area contributed by atoms with Crippen molar-refractivity contribution in [2.75, 3.05) is 7.11 Å². The number of esters is 1. The number of aromatic nitrogens is 1. The SMILES string of the molecule is COC(=O)Cc1ccc(-c2nc(OCc3ccc(C#N)cc3F)ccc2F)c(F)c1. The van der Waals surface area contributed by atoms with Crippen LogP contribution in [-0.4, -0.2) is 18.1 Å². The van der Waals surface area contributed by atoms with E-state index in [0.717, 1.165) is 18.2 Å². The largest absolute Gasteiger partial charge is 0.473 e. The lowest BCUT2D eigenvalue weighted by atomic mass is 10.1. The smallest absolute Gasteiger partial charge is 0.309 e. The highest BCUT2D eigenvalue weighted by Crippen LogP contribution is 2.27. The second kappa shape index (κ2) is 9.09. The topological polar surface area (TPSA) is 72.2 Å². The Morgan fingerprint density at radius 2 is 1.83 bits per heavy atom. The van der Waals surface area contributed by atoms with E-state index in [1.54, 1.807) is 0 Å². The number of carbonyl (C=O) groups is 1. The van der Waals surface area contributed by atoms with Crippen LogP contribution < -0.4 is 4.74 Å². The second-order valence-corrected chi connectivity index (χ2v) is 6.25. The van der Waals surface area contributed by atoms with Crippen LogP contribution in [0.1, 0.15) is 16.7 Å². The molecule has 0 fully saturated rings. The number of benzene rings is 2. The molecule has 8 heteroatoms. The van der Waals surface area contributed by atoms with Gasteiger partial charge in [-0.05, 0) is 35.9 Å². The van der Waals surface area contributed by atoms with Gasteiger partial charge in [0.05, 0.1) is 25.2 Å². The lowest BCUT2D eigenvalue weighted by molar-refractivity contribution is -0.139. The molecule has 0 bridgehead atoms. The Labute approximate surface area is 170 Å². The average Bonchev–Trinajstić information content (AvgIpc) is 2.74. The Hall–Kier alpha value is -3.86. The molecule has 0 saturated carbocycles. The molecule has 3 aromatic rings. The normalized spacial score (nSPS) is 10.4. The van der Waals surface area contributed by atoms with Crippen LogP contribution in [-0.2, 0) is 22.6 Å². The molecule has 5 nitrogen and oxygen atoms in total. The van der Waals surface area contributed by atoms with Crippen LogP contribution in [0.4, 0.5) is 13.2 Å². The van der Waals surface area contributed by atoms with Gasteiger partial charge in [0.25, 0.3) is 0 Å². The zero-order valence-electron chi connectivity index (χ0n) is 15.8. The van der Waals surface area contributed by atoms with Gasteiger partial charge in [-0.15, -0.1) is 0 Å². The van der Waals surface area contributed by atoms with Crippen molar-refractivity contribution in [3.63, 3.8) is 0 Å². The number of halogens is 3. The van der Waals surface area contributed by atoms with Crippen LogP contribution in [0, 0.1) is 28.8 Å². The molecule has 2 aromatic carbocycles. The van der Waals surface area contributed by atoms with E-state index >= 15 is 0 Å². The maximum atomic E-state index is 14.5. The number of pyridine rings is 1. The second-order valence-electron chi connectivity index (χ2n) is 6.25. The van der Waals surface area contributed by atoms with Crippen LogP contribution >= 0.6 is 0 Å². The Balaban J connectivity index is 1.82. The molecule has 30 heavy (non-hydrogen) atoms. The van der Waals surface area contributed by atoms with E-state index < -0.39 is 23.4 Å². The van der Waals surface area contributed by atoms with Gasteiger partial charge in [0.1, 0.15) is 29.8 Å². The Morgan fingerprint density at radius 3 is 2.50 bits per heavy atom. The van der Waals surface area contributed by atoms with Gasteiger partial charge in [-0.3, -0.25) is 4.79 Å². The van der Waals surface area contributed by atoms with Gasteiger partial charge in [-0.2, -0.15) is 5.26 Å². The van der Waals surface area contributed by atoms with Crippen LogP contribution in [0.3, 0.4) is 0 Å². The third-order valence-corrected chi connectivity index (χ3v) is 4.24. The maximum absolute atomic E-state index is 14.5. The van der Waals surface area contributed by atoms with Crippen LogP contribution in [0.25, 0.3) is 11.3 Å². The first-order valence-electron chi connectivity index (χ1n) is 8.74.